The van der Waals surface area contributed by atoms with Crippen LogP contribution in [0.25, 0.3) is 0 Å². The first-order valence-corrected chi connectivity index (χ1v) is 7.19. The van der Waals surface area contributed by atoms with Crippen LogP contribution in [0.15, 0.2) is 24.3 Å². The van der Waals surface area contributed by atoms with E-state index in [0.717, 1.165) is 12.5 Å². The molecular formula is C16H28N+. The van der Waals surface area contributed by atoms with E-state index in [-0.39, 0.29) is 0 Å². The normalized spacial score (nSPS) is 11.1. The van der Waals surface area contributed by atoms with E-state index >= 15 is 0 Å². The monoisotopic (exact) mass is 234 g/mol. The van der Waals surface area contributed by atoms with Gasteiger partial charge in [0.15, 0.2) is 0 Å². The van der Waals surface area contributed by atoms with Crippen LogP contribution in [-0.2, 0) is 6.54 Å². The van der Waals surface area contributed by atoms with Crippen molar-refractivity contribution in [3.63, 3.8) is 0 Å². The molecule has 0 saturated heterocycles. The minimum Gasteiger partial charge on any atom is -0.354 e. The van der Waals surface area contributed by atoms with Crippen LogP contribution in [-0.4, -0.2) is 0 Å². The summed E-state index contributed by atoms with van der Waals surface area (Å²) in [6, 6.07) is 9.05. The molecule has 0 amide bonds. The quantitative estimate of drug-likeness (QED) is 0.706. The first kappa shape index (κ1) is 14.2. The maximum Gasteiger partial charge on any atom is 0.0997 e. The summed E-state index contributed by atoms with van der Waals surface area (Å²) < 4.78 is 0. The number of rotatable bonds is 8. The Morgan fingerprint density at radius 2 is 1.71 bits per heavy atom. The van der Waals surface area contributed by atoms with Gasteiger partial charge in [-0.15, -0.1) is 0 Å². The van der Waals surface area contributed by atoms with Crippen molar-refractivity contribution in [3.8, 4) is 0 Å². The van der Waals surface area contributed by atoms with Gasteiger partial charge in [0, 0.05) is 5.56 Å². The smallest absolute Gasteiger partial charge is 0.0997 e. The molecule has 0 aliphatic heterocycles. The van der Waals surface area contributed by atoms with E-state index in [2.05, 4.69) is 43.8 Å². The second-order valence-corrected chi connectivity index (χ2v) is 4.98. The Morgan fingerprint density at radius 3 is 2.24 bits per heavy atom. The molecule has 1 heteroatoms. The van der Waals surface area contributed by atoms with Crippen molar-refractivity contribution in [2.45, 2.75) is 64.8 Å². The van der Waals surface area contributed by atoms with Gasteiger partial charge in [-0.3, -0.25) is 0 Å². The van der Waals surface area contributed by atoms with Crippen LogP contribution in [0.4, 0.5) is 0 Å². The molecule has 0 unspecified atom stereocenters. The van der Waals surface area contributed by atoms with Crippen molar-refractivity contribution in [1.82, 2.24) is 0 Å². The lowest BCUT2D eigenvalue weighted by Gasteiger charge is -2.17. The van der Waals surface area contributed by atoms with Gasteiger partial charge in [0.2, 0.25) is 0 Å². The number of hydrogen-bond donors (Lipinski definition) is 1. The first-order valence-electron chi connectivity index (χ1n) is 7.19. The van der Waals surface area contributed by atoms with Crippen molar-refractivity contribution in [2.75, 3.05) is 0 Å². The average Bonchev–Trinajstić information content (AvgIpc) is 2.39. The average molecular weight is 234 g/mol. The summed E-state index contributed by atoms with van der Waals surface area (Å²) in [4.78, 5) is 0. The minimum absolute atomic E-state index is 0.765. The fourth-order valence-corrected chi connectivity index (χ4v) is 2.38. The van der Waals surface area contributed by atoms with Gasteiger partial charge in [-0.25, -0.2) is 0 Å². The van der Waals surface area contributed by atoms with Gasteiger partial charge in [-0.1, -0.05) is 57.7 Å². The van der Waals surface area contributed by atoms with Gasteiger partial charge in [-0.05, 0) is 30.4 Å². The molecule has 0 aliphatic carbocycles. The largest absolute Gasteiger partial charge is 0.354 e. The molecule has 0 saturated carbocycles. The van der Waals surface area contributed by atoms with Gasteiger partial charge in [0.1, 0.15) is 0 Å². The predicted molar refractivity (Wildman–Crippen MR) is 74.8 cm³/mol. The summed E-state index contributed by atoms with van der Waals surface area (Å²) in [6.45, 7) is 5.47. The molecule has 1 aromatic carbocycles. The first-order chi connectivity index (χ1) is 8.31. The molecule has 0 aliphatic rings. The topological polar surface area (TPSA) is 27.6 Å². The van der Waals surface area contributed by atoms with Gasteiger partial charge in [0.05, 0.1) is 6.54 Å². The maximum atomic E-state index is 3.98. The van der Waals surface area contributed by atoms with Gasteiger partial charge < -0.3 is 5.73 Å². The SMILES string of the molecule is CCCCC(CCCC)c1cccc(C[NH3+])c1. The lowest BCUT2D eigenvalue weighted by Crippen LogP contribution is -2.47. The molecule has 1 nitrogen and oxygen atoms in total. The fourth-order valence-electron chi connectivity index (χ4n) is 2.38. The molecule has 3 N–H and O–H groups in total. The Bertz CT molecular complexity index is 298. The van der Waals surface area contributed by atoms with Crippen LogP contribution in [0.5, 0.6) is 0 Å². The standard InChI is InChI=1S/C16H27N/c1-3-5-9-15(10-6-4-2)16-11-7-8-14(12-16)13-17/h7-8,11-12,15H,3-6,9-10,13,17H2,1-2H3/p+1. The Labute approximate surface area is 106 Å². The molecule has 0 spiro atoms. The van der Waals surface area contributed by atoms with Crippen molar-refractivity contribution in [3.05, 3.63) is 35.4 Å². The highest BCUT2D eigenvalue weighted by atomic mass is 14.5. The molecule has 0 radical (unpaired) electrons. The summed E-state index contributed by atoms with van der Waals surface area (Å²) in [5, 5.41) is 0. The number of quaternary nitrogens is 1. The molecule has 0 fully saturated rings. The summed E-state index contributed by atoms with van der Waals surface area (Å²) in [6.07, 6.45) is 8.00. The molecule has 0 aromatic heterocycles. The van der Waals surface area contributed by atoms with Crippen molar-refractivity contribution < 1.29 is 5.73 Å². The summed E-state index contributed by atoms with van der Waals surface area (Å²) in [5.74, 6) is 0.765. The van der Waals surface area contributed by atoms with Crippen molar-refractivity contribution >= 4 is 0 Å². The van der Waals surface area contributed by atoms with Crippen LogP contribution in [0.3, 0.4) is 0 Å². The number of benzene rings is 1. The zero-order valence-electron chi connectivity index (χ0n) is 11.5. The Morgan fingerprint density at radius 1 is 1.06 bits per heavy atom. The minimum atomic E-state index is 0.765. The zero-order chi connectivity index (χ0) is 12.5. The molecule has 0 atom stereocenters. The van der Waals surface area contributed by atoms with E-state index in [1.165, 1.54) is 49.7 Å². The van der Waals surface area contributed by atoms with Gasteiger partial charge in [0.25, 0.3) is 0 Å². The van der Waals surface area contributed by atoms with E-state index in [0.29, 0.717) is 0 Å². The van der Waals surface area contributed by atoms with E-state index in [4.69, 9.17) is 0 Å². The molecule has 1 rings (SSSR count). The fraction of sp³-hybridized carbons (Fsp3) is 0.625. The highest BCUT2D eigenvalue weighted by molar-refractivity contribution is 5.25. The Balaban J connectivity index is 2.71. The lowest BCUT2D eigenvalue weighted by atomic mass is 9.88. The summed E-state index contributed by atoms with van der Waals surface area (Å²) in [7, 11) is 0. The molecule has 17 heavy (non-hydrogen) atoms. The third-order valence-electron chi connectivity index (χ3n) is 3.52. The molecular weight excluding hydrogens is 206 g/mol. The maximum absolute atomic E-state index is 3.98. The summed E-state index contributed by atoms with van der Waals surface area (Å²) in [5.41, 5.74) is 6.89. The Hall–Kier alpha value is -0.820. The van der Waals surface area contributed by atoms with Gasteiger partial charge in [-0.2, -0.15) is 0 Å². The lowest BCUT2D eigenvalue weighted by molar-refractivity contribution is -0.386. The molecule has 1 aromatic rings. The second kappa shape index (κ2) is 8.30. The zero-order valence-corrected chi connectivity index (χ0v) is 11.5. The van der Waals surface area contributed by atoms with Crippen molar-refractivity contribution in [2.24, 2.45) is 0 Å². The predicted octanol–water partition coefficient (Wildman–Crippen LogP) is 3.89. The molecule has 96 valence electrons. The highest BCUT2D eigenvalue weighted by Gasteiger charge is 2.11. The van der Waals surface area contributed by atoms with Crippen LogP contribution in [0, 0.1) is 0 Å². The summed E-state index contributed by atoms with van der Waals surface area (Å²) >= 11 is 0. The van der Waals surface area contributed by atoms with Crippen LogP contribution >= 0.6 is 0 Å². The van der Waals surface area contributed by atoms with E-state index in [1.54, 1.807) is 0 Å². The molecule has 0 bridgehead atoms. The highest BCUT2D eigenvalue weighted by Crippen LogP contribution is 2.28. The Kier molecular flexibility index (Phi) is 6.95. The molecule has 0 heterocycles. The van der Waals surface area contributed by atoms with E-state index < -0.39 is 0 Å². The van der Waals surface area contributed by atoms with E-state index in [9.17, 15) is 0 Å². The second-order valence-electron chi connectivity index (χ2n) is 4.98. The van der Waals surface area contributed by atoms with Crippen LogP contribution in [0.1, 0.15) is 69.4 Å². The number of unbranched alkanes of at least 4 members (excludes halogenated alkanes) is 2. The third kappa shape index (κ3) is 4.91. The van der Waals surface area contributed by atoms with E-state index in [1.807, 2.05) is 0 Å². The van der Waals surface area contributed by atoms with Crippen LogP contribution in [0.2, 0.25) is 0 Å². The van der Waals surface area contributed by atoms with Crippen LogP contribution < -0.4 is 5.73 Å². The van der Waals surface area contributed by atoms with Gasteiger partial charge >= 0.3 is 0 Å². The third-order valence-corrected chi connectivity index (χ3v) is 3.52. The number of hydrogen-bond acceptors (Lipinski definition) is 0. The van der Waals surface area contributed by atoms with Crippen molar-refractivity contribution in [1.29, 1.82) is 0 Å².